The van der Waals surface area contributed by atoms with Gasteiger partial charge in [0.15, 0.2) is 0 Å². The third kappa shape index (κ3) is 3.80. The molecule has 0 saturated carbocycles. The maximum Gasteiger partial charge on any atom is 0.307 e. The Morgan fingerprint density at radius 2 is 2.13 bits per heavy atom. The van der Waals surface area contributed by atoms with Crippen LogP contribution < -0.4 is 5.73 Å². The molecule has 1 aliphatic heterocycles. The molecule has 4 heteroatoms. The Balaban J connectivity index is 2.42. The van der Waals surface area contributed by atoms with E-state index in [1.54, 1.807) is 0 Å². The normalized spacial score (nSPS) is 20.1. The third-order valence-electron chi connectivity index (χ3n) is 2.83. The van der Waals surface area contributed by atoms with Crippen LogP contribution in [-0.4, -0.2) is 43.2 Å². The first kappa shape index (κ1) is 12.5. The van der Waals surface area contributed by atoms with E-state index >= 15 is 0 Å². The Hall–Kier alpha value is -0.610. The topological polar surface area (TPSA) is 55.6 Å². The van der Waals surface area contributed by atoms with Crippen LogP contribution in [0.25, 0.3) is 0 Å². The van der Waals surface area contributed by atoms with Crippen LogP contribution in [0.1, 0.15) is 26.7 Å². The second kappa shape index (κ2) is 5.47. The van der Waals surface area contributed by atoms with Crippen LogP contribution in [0.3, 0.4) is 0 Å². The molecule has 1 rings (SSSR count). The summed E-state index contributed by atoms with van der Waals surface area (Å²) in [5, 5.41) is 0. The van der Waals surface area contributed by atoms with Crippen molar-refractivity contribution in [1.29, 1.82) is 0 Å². The molecule has 1 aliphatic rings. The molecular formula is C11H22N2O2. The van der Waals surface area contributed by atoms with Gasteiger partial charge in [-0.05, 0) is 12.3 Å². The van der Waals surface area contributed by atoms with Crippen molar-refractivity contribution in [2.24, 2.45) is 11.7 Å². The molecular weight excluding hydrogens is 192 g/mol. The van der Waals surface area contributed by atoms with E-state index in [9.17, 15) is 4.79 Å². The first-order chi connectivity index (χ1) is 7.02. The van der Waals surface area contributed by atoms with E-state index in [-0.39, 0.29) is 12.0 Å². The van der Waals surface area contributed by atoms with Crippen LogP contribution in [0.15, 0.2) is 0 Å². The molecule has 4 nitrogen and oxygen atoms in total. The number of nitrogens with two attached hydrogens (primary N) is 1. The Morgan fingerprint density at radius 3 is 2.53 bits per heavy atom. The van der Waals surface area contributed by atoms with Crippen LogP contribution >= 0.6 is 0 Å². The van der Waals surface area contributed by atoms with Crippen molar-refractivity contribution >= 4 is 5.97 Å². The summed E-state index contributed by atoms with van der Waals surface area (Å²) >= 11 is 0. The first-order valence-electron chi connectivity index (χ1n) is 5.59. The van der Waals surface area contributed by atoms with Gasteiger partial charge in [0, 0.05) is 25.2 Å². The predicted octanol–water partition coefficient (Wildman–Crippen LogP) is 0.607. The minimum atomic E-state index is -0.124. The van der Waals surface area contributed by atoms with Crippen molar-refractivity contribution in [2.75, 3.05) is 20.2 Å². The van der Waals surface area contributed by atoms with Crippen molar-refractivity contribution < 1.29 is 9.53 Å². The van der Waals surface area contributed by atoms with Crippen LogP contribution in [0.4, 0.5) is 0 Å². The number of carbonyl (C=O) groups excluding carboxylic acids is 1. The van der Waals surface area contributed by atoms with Crippen molar-refractivity contribution in [3.05, 3.63) is 0 Å². The number of esters is 1. The summed E-state index contributed by atoms with van der Waals surface area (Å²) in [4.78, 5) is 13.5. The van der Waals surface area contributed by atoms with Crippen molar-refractivity contribution in [1.82, 2.24) is 4.90 Å². The zero-order chi connectivity index (χ0) is 11.4. The van der Waals surface area contributed by atoms with Crippen molar-refractivity contribution in [3.8, 4) is 0 Å². The summed E-state index contributed by atoms with van der Waals surface area (Å²) in [5.41, 5.74) is 5.74. The second-order valence-electron chi connectivity index (χ2n) is 4.78. The number of hydrogen-bond donors (Lipinski definition) is 1. The molecule has 1 unspecified atom stereocenters. The molecule has 88 valence electrons. The zero-order valence-corrected chi connectivity index (χ0v) is 9.90. The van der Waals surface area contributed by atoms with Gasteiger partial charge in [0.25, 0.3) is 0 Å². The van der Waals surface area contributed by atoms with Gasteiger partial charge in [0.1, 0.15) is 0 Å². The lowest BCUT2D eigenvalue weighted by molar-refractivity contribution is -0.142. The molecule has 0 aliphatic carbocycles. The van der Waals surface area contributed by atoms with Gasteiger partial charge < -0.3 is 10.5 Å². The zero-order valence-electron chi connectivity index (χ0n) is 9.90. The Morgan fingerprint density at radius 1 is 1.53 bits per heavy atom. The summed E-state index contributed by atoms with van der Waals surface area (Å²) in [6.45, 7) is 6.16. The largest absolute Gasteiger partial charge is 0.469 e. The average molecular weight is 214 g/mol. The van der Waals surface area contributed by atoms with Gasteiger partial charge in [0.05, 0.1) is 13.5 Å². The van der Waals surface area contributed by atoms with E-state index in [0.29, 0.717) is 18.4 Å². The minimum Gasteiger partial charge on any atom is -0.469 e. The number of nitrogens with zero attached hydrogens (tertiary/aromatic N) is 1. The van der Waals surface area contributed by atoms with Gasteiger partial charge >= 0.3 is 5.97 Å². The van der Waals surface area contributed by atoms with Gasteiger partial charge in [0.2, 0.25) is 0 Å². The van der Waals surface area contributed by atoms with Crippen LogP contribution in [0, 0.1) is 5.92 Å². The summed E-state index contributed by atoms with van der Waals surface area (Å²) in [6, 6.07) is 0.592. The second-order valence-corrected chi connectivity index (χ2v) is 4.78. The molecule has 0 aromatic carbocycles. The molecule has 0 aromatic rings. The Kier molecular flexibility index (Phi) is 4.54. The first-order valence-corrected chi connectivity index (χ1v) is 5.59. The predicted molar refractivity (Wildman–Crippen MR) is 59.4 cm³/mol. The molecule has 0 bridgehead atoms. The lowest BCUT2D eigenvalue weighted by atomic mass is 9.95. The monoisotopic (exact) mass is 214 g/mol. The number of likely N-dealkylation sites (tertiary alicyclic amines) is 1. The van der Waals surface area contributed by atoms with Gasteiger partial charge in [-0.1, -0.05) is 13.8 Å². The maximum absolute atomic E-state index is 11.2. The highest BCUT2D eigenvalue weighted by molar-refractivity contribution is 5.69. The SMILES string of the molecule is COC(=O)CC(CC(C)C)N1CC(N)C1. The fraction of sp³-hybridized carbons (Fsp3) is 0.909. The van der Waals surface area contributed by atoms with Crippen LogP contribution in [-0.2, 0) is 9.53 Å². The lowest BCUT2D eigenvalue weighted by Crippen LogP contribution is -2.59. The maximum atomic E-state index is 11.2. The molecule has 0 spiro atoms. The van der Waals surface area contributed by atoms with Crippen molar-refractivity contribution in [2.45, 2.75) is 38.8 Å². The number of methoxy groups -OCH3 is 1. The van der Waals surface area contributed by atoms with E-state index in [1.165, 1.54) is 7.11 Å². The summed E-state index contributed by atoms with van der Waals surface area (Å²) < 4.78 is 4.71. The Bertz CT molecular complexity index is 213. The minimum absolute atomic E-state index is 0.124. The van der Waals surface area contributed by atoms with E-state index in [1.807, 2.05) is 0 Å². The smallest absolute Gasteiger partial charge is 0.307 e. The highest BCUT2D eigenvalue weighted by atomic mass is 16.5. The van der Waals surface area contributed by atoms with Crippen molar-refractivity contribution in [3.63, 3.8) is 0 Å². The van der Waals surface area contributed by atoms with Gasteiger partial charge in [-0.25, -0.2) is 0 Å². The van der Waals surface area contributed by atoms with Crippen LogP contribution in [0.2, 0.25) is 0 Å². The fourth-order valence-corrected chi connectivity index (χ4v) is 2.03. The molecule has 1 fully saturated rings. The summed E-state index contributed by atoms with van der Waals surface area (Å²) in [7, 11) is 1.44. The number of rotatable bonds is 5. The molecule has 0 aromatic heterocycles. The number of ether oxygens (including phenoxy) is 1. The molecule has 1 heterocycles. The van der Waals surface area contributed by atoms with E-state index in [2.05, 4.69) is 18.7 Å². The summed E-state index contributed by atoms with van der Waals surface area (Å²) in [5.74, 6) is 0.470. The van der Waals surface area contributed by atoms with E-state index < -0.39 is 0 Å². The van der Waals surface area contributed by atoms with E-state index in [4.69, 9.17) is 10.5 Å². The fourth-order valence-electron chi connectivity index (χ4n) is 2.03. The highest BCUT2D eigenvalue weighted by Gasteiger charge is 2.31. The molecule has 1 saturated heterocycles. The lowest BCUT2D eigenvalue weighted by Gasteiger charge is -2.43. The molecule has 0 radical (unpaired) electrons. The quantitative estimate of drug-likeness (QED) is 0.681. The molecule has 2 N–H and O–H groups in total. The van der Waals surface area contributed by atoms with Gasteiger partial charge in [-0.15, -0.1) is 0 Å². The van der Waals surface area contributed by atoms with Crippen LogP contribution in [0.5, 0.6) is 0 Å². The molecule has 1 atom stereocenters. The third-order valence-corrected chi connectivity index (χ3v) is 2.83. The molecule has 15 heavy (non-hydrogen) atoms. The number of hydrogen-bond acceptors (Lipinski definition) is 4. The van der Waals surface area contributed by atoms with Gasteiger partial charge in [-0.2, -0.15) is 0 Å². The summed E-state index contributed by atoms with van der Waals surface area (Å²) in [6.07, 6.45) is 1.52. The standard InChI is InChI=1S/C11H22N2O2/c1-8(2)4-10(5-11(14)15-3)13-6-9(12)7-13/h8-10H,4-7,12H2,1-3H3. The Labute approximate surface area is 91.8 Å². The average Bonchev–Trinajstić information content (AvgIpc) is 2.11. The van der Waals surface area contributed by atoms with Gasteiger partial charge in [-0.3, -0.25) is 9.69 Å². The number of carbonyl (C=O) groups is 1. The highest BCUT2D eigenvalue weighted by Crippen LogP contribution is 2.20. The van der Waals surface area contributed by atoms with E-state index in [0.717, 1.165) is 19.5 Å². The molecule has 0 amide bonds.